The normalized spacial score (nSPS) is 9.59. The standard InChI is InChI=1S/3C7H8O.H3O4P/c3*1-6-4-2-3-5-7(6)8;1-5(2,3)4/h3*2-5,8H,1H3;(H3,1,2,3,4). The molecule has 0 aliphatic carbocycles. The van der Waals surface area contributed by atoms with Gasteiger partial charge in [0.25, 0.3) is 0 Å². The van der Waals surface area contributed by atoms with Crippen LogP contribution in [0.15, 0.2) is 72.8 Å². The highest BCUT2D eigenvalue weighted by Gasteiger charge is 2.00. The van der Waals surface area contributed by atoms with Crippen LogP contribution < -0.4 is 0 Å². The first-order valence-corrected chi connectivity index (χ1v) is 10.0. The molecular weight excluding hydrogens is 395 g/mol. The van der Waals surface area contributed by atoms with Crippen LogP contribution >= 0.6 is 7.82 Å². The Labute approximate surface area is 170 Å². The predicted octanol–water partition coefficient (Wildman–Crippen LogP) is 4.17. The van der Waals surface area contributed by atoms with E-state index in [9.17, 15) is 0 Å². The molecule has 158 valence electrons. The van der Waals surface area contributed by atoms with E-state index in [1.807, 2.05) is 75.4 Å². The second-order valence-corrected chi connectivity index (χ2v) is 6.90. The number of para-hydroxylation sites is 3. The lowest BCUT2D eigenvalue weighted by atomic mass is 10.2. The maximum Gasteiger partial charge on any atom is 0.466 e. The Bertz CT molecular complexity index is 732. The molecule has 0 bridgehead atoms. The molecule has 0 unspecified atom stereocenters. The summed E-state index contributed by atoms with van der Waals surface area (Å²) in [5.74, 6) is 1.10. The molecule has 0 aliphatic heterocycles. The minimum absolute atomic E-state index is 0.368. The van der Waals surface area contributed by atoms with Gasteiger partial charge in [-0.3, -0.25) is 0 Å². The molecule has 0 fully saturated rings. The Kier molecular flexibility index (Phi) is 12.1. The highest BCUT2D eigenvalue weighted by atomic mass is 31.2. The highest BCUT2D eigenvalue weighted by molar-refractivity contribution is 7.45. The Hall–Kier alpha value is -2.83. The predicted molar refractivity (Wildman–Crippen MR) is 113 cm³/mol. The van der Waals surface area contributed by atoms with E-state index in [0.29, 0.717) is 17.2 Å². The number of phenols is 3. The van der Waals surface area contributed by atoms with Crippen molar-refractivity contribution in [1.29, 1.82) is 0 Å². The number of rotatable bonds is 0. The van der Waals surface area contributed by atoms with Crippen molar-refractivity contribution in [2.75, 3.05) is 0 Å². The molecule has 0 amide bonds. The lowest BCUT2D eigenvalue weighted by Gasteiger charge is -1.92. The molecule has 0 spiro atoms. The van der Waals surface area contributed by atoms with Gasteiger partial charge in [0.2, 0.25) is 0 Å². The molecule has 0 atom stereocenters. The van der Waals surface area contributed by atoms with Gasteiger partial charge < -0.3 is 30.0 Å². The van der Waals surface area contributed by atoms with Crippen LogP contribution in [0.4, 0.5) is 0 Å². The third-order valence-electron chi connectivity index (χ3n) is 3.35. The van der Waals surface area contributed by atoms with Crippen molar-refractivity contribution in [3.05, 3.63) is 89.5 Å². The average molecular weight is 422 g/mol. The molecule has 3 aromatic carbocycles. The van der Waals surface area contributed by atoms with E-state index < -0.39 is 7.82 Å². The SMILES string of the molecule is Cc1ccccc1O.Cc1ccccc1O.Cc1ccccc1O.O=P(O)(O)O. The lowest BCUT2D eigenvalue weighted by Crippen LogP contribution is -1.68. The molecule has 0 aromatic heterocycles. The molecule has 0 saturated heterocycles. The van der Waals surface area contributed by atoms with Crippen molar-refractivity contribution in [1.82, 2.24) is 0 Å². The number of hydrogen-bond acceptors (Lipinski definition) is 4. The molecule has 0 aliphatic rings. The van der Waals surface area contributed by atoms with Crippen molar-refractivity contribution < 1.29 is 34.6 Å². The topological polar surface area (TPSA) is 138 Å². The Balaban J connectivity index is 0.000000367. The van der Waals surface area contributed by atoms with Gasteiger partial charge >= 0.3 is 7.82 Å². The summed E-state index contributed by atoms with van der Waals surface area (Å²) in [5.41, 5.74) is 2.77. The Morgan fingerprint density at radius 2 is 0.690 bits per heavy atom. The van der Waals surface area contributed by atoms with E-state index in [2.05, 4.69) is 0 Å². The molecule has 3 rings (SSSR count). The number of phosphoric acid groups is 1. The smallest absolute Gasteiger partial charge is 0.466 e. The molecule has 29 heavy (non-hydrogen) atoms. The van der Waals surface area contributed by atoms with Crippen molar-refractivity contribution >= 4 is 7.82 Å². The quantitative estimate of drug-likeness (QED) is 0.299. The summed E-state index contributed by atoms with van der Waals surface area (Å²) in [6.45, 7) is 5.61. The van der Waals surface area contributed by atoms with Crippen LogP contribution in [0, 0.1) is 20.8 Å². The van der Waals surface area contributed by atoms with Crippen LogP contribution in [0.5, 0.6) is 17.2 Å². The third-order valence-corrected chi connectivity index (χ3v) is 3.35. The summed E-state index contributed by atoms with van der Waals surface area (Å²) in [7, 11) is -4.64. The summed E-state index contributed by atoms with van der Waals surface area (Å²) >= 11 is 0. The molecular formula is C21H27O7P. The van der Waals surface area contributed by atoms with E-state index in [0.717, 1.165) is 16.7 Å². The Morgan fingerprint density at radius 3 is 0.793 bits per heavy atom. The lowest BCUT2D eigenvalue weighted by molar-refractivity contribution is 0.275. The van der Waals surface area contributed by atoms with Gasteiger partial charge in [0.05, 0.1) is 0 Å². The minimum atomic E-state index is -4.64. The van der Waals surface area contributed by atoms with Crippen LogP contribution in [0.25, 0.3) is 0 Å². The zero-order chi connectivity index (χ0) is 22.4. The number of phenolic OH excluding ortho intramolecular Hbond substituents is 3. The van der Waals surface area contributed by atoms with Gasteiger partial charge in [-0.1, -0.05) is 54.6 Å². The van der Waals surface area contributed by atoms with Gasteiger partial charge in [-0.25, -0.2) is 4.57 Å². The maximum atomic E-state index is 8.92. The fraction of sp³-hybridized carbons (Fsp3) is 0.143. The maximum absolute atomic E-state index is 8.92. The van der Waals surface area contributed by atoms with Gasteiger partial charge in [-0.15, -0.1) is 0 Å². The van der Waals surface area contributed by atoms with Crippen LogP contribution in [0.1, 0.15) is 16.7 Å². The zero-order valence-electron chi connectivity index (χ0n) is 16.5. The number of aryl methyl sites for hydroxylation is 3. The fourth-order valence-corrected chi connectivity index (χ4v) is 1.69. The van der Waals surface area contributed by atoms with Crippen molar-refractivity contribution in [2.45, 2.75) is 20.8 Å². The van der Waals surface area contributed by atoms with Crippen molar-refractivity contribution in [3.8, 4) is 17.2 Å². The van der Waals surface area contributed by atoms with E-state index in [-0.39, 0.29) is 0 Å². The van der Waals surface area contributed by atoms with Crippen molar-refractivity contribution in [3.63, 3.8) is 0 Å². The molecule has 6 N–H and O–H groups in total. The van der Waals surface area contributed by atoms with Crippen LogP contribution in [-0.4, -0.2) is 30.0 Å². The number of benzene rings is 3. The van der Waals surface area contributed by atoms with Gasteiger partial charge in [0, 0.05) is 0 Å². The first-order valence-electron chi connectivity index (χ1n) is 8.44. The summed E-state index contributed by atoms with van der Waals surface area (Å²) < 4.78 is 8.88. The van der Waals surface area contributed by atoms with Gasteiger partial charge in [0.15, 0.2) is 0 Å². The molecule has 0 heterocycles. The summed E-state index contributed by atoms with van der Waals surface area (Å²) in [4.78, 5) is 21.6. The third kappa shape index (κ3) is 14.8. The van der Waals surface area contributed by atoms with E-state index in [4.69, 9.17) is 34.6 Å². The number of aromatic hydroxyl groups is 3. The zero-order valence-corrected chi connectivity index (χ0v) is 17.4. The van der Waals surface area contributed by atoms with E-state index >= 15 is 0 Å². The molecule has 0 saturated carbocycles. The van der Waals surface area contributed by atoms with Gasteiger partial charge in [-0.05, 0) is 55.7 Å². The molecule has 3 aromatic rings. The minimum Gasteiger partial charge on any atom is -0.508 e. The monoisotopic (exact) mass is 422 g/mol. The Morgan fingerprint density at radius 1 is 0.517 bits per heavy atom. The van der Waals surface area contributed by atoms with Gasteiger partial charge in [-0.2, -0.15) is 0 Å². The molecule has 0 radical (unpaired) electrons. The van der Waals surface area contributed by atoms with Crippen LogP contribution in [0.3, 0.4) is 0 Å². The highest BCUT2D eigenvalue weighted by Crippen LogP contribution is 2.25. The summed E-state index contributed by atoms with van der Waals surface area (Å²) in [6, 6.07) is 21.8. The number of hydrogen-bond donors (Lipinski definition) is 6. The van der Waals surface area contributed by atoms with Gasteiger partial charge in [0.1, 0.15) is 17.2 Å². The second kappa shape index (κ2) is 13.4. The fourth-order valence-electron chi connectivity index (χ4n) is 1.69. The largest absolute Gasteiger partial charge is 0.508 e. The first-order chi connectivity index (χ1) is 13.4. The summed E-state index contributed by atoms with van der Waals surface area (Å²) in [5, 5.41) is 26.8. The molecule has 7 nitrogen and oxygen atoms in total. The second-order valence-electron chi connectivity index (χ2n) is 5.87. The average Bonchev–Trinajstić information content (AvgIpc) is 2.62. The summed E-state index contributed by atoms with van der Waals surface area (Å²) in [6.07, 6.45) is 0. The van der Waals surface area contributed by atoms with Crippen molar-refractivity contribution in [2.24, 2.45) is 0 Å². The van der Waals surface area contributed by atoms with E-state index in [1.54, 1.807) is 18.2 Å². The van der Waals surface area contributed by atoms with E-state index in [1.165, 1.54) is 0 Å². The van der Waals surface area contributed by atoms with Crippen LogP contribution in [-0.2, 0) is 4.57 Å². The molecule has 8 heteroatoms. The first kappa shape index (κ1) is 26.2. The van der Waals surface area contributed by atoms with Crippen LogP contribution in [0.2, 0.25) is 0 Å².